The van der Waals surface area contributed by atoms with Crippen LogP contribution in [0.1, 0.15) is 37.7 Å². The Labute approximate surface area is 103 Å². The number of hydrogen-bond acceptors (Lipinski definition) is 2. The highest BCUT2D eigenvalue weighted by molar-refractivity contribution is 5.69. The molecule has 0 heterocycles. The Hall–Kier alpha value is -1.57. The van der Waals surface area contributed by atoms with Crippen LogP contribution in [0.3, 0.4) is 0 Å². The molecule has 0 aromatic heterocycles. The van der Waals surface area contributed by atoms with Crippen LogP contribution in [0.2, 0.25) is 0 Å². The van der Waals surface area contributed by atoms with Gasteiger partial charge in [-0.3, -0.25) is 4.79 Å². The lowest BCUT2D eigenvalue weighted by atomic mass is 10.1. The highest BCUT2D eigenvalue weighted by Gasteiger charge is 2.02. The van der Waals surface area contributed by atoms with Crippen molar-refractivity contribution in [2.24, 2.45) is 0 Å². The van der Waals surface area contributed by atoms with E-state index in [1.165, 1.54) is 0 Å². The Kier molecular flexibility index (Phi) is 6.80. The number of rotatable bonds is 8. The predicted molar refractivity (Wildman–Crippen MR) is 69.5 cm³/mol. The van der Waals surface area contributed by atoms with Crippen LogP contribution in [-0.4, -0.2) is 5.97 Å². The third kappa shape index (κ3) is 6.56. The lowest BCUT2D eigenvalue weighted by molar-refractivity contribution is -0.145. The van der Waals surface area contributed by atoms with E-state index >= 15 is 0 Å². The Morgan fingerprint density at radius 2 is 1.94 bits per heavy atom. The summed E-state index contributed by atoms with van der Waals surface area (Å²) in [5, 5.41) is 0. The Bertz CT molecular complexity index is 330. The van der Waals surface area contributed by atoms with Crippen molar-refractivity contribution < 1.29 is 9.53 Å². The van der Waals surface area contributed by atoms with Gasteiger partial charge in [-0.1, -0.05) is 42.8 Å². The summed E-state index contributed by atoms with van der Waals surface area (Å²) in [4.78, 5) is 11.4. The topological polar surface area (TPSA) is 26.3 Å². The van der Waals surface area contributed by atoms with E-state index in [0.717, 1.165) is 31.2 Å². The van der Waals surface area contributed by atoms with Crippen LogP contribution in [0.4, 0.5) is 0 Å². The van der Waals surface area contributed by atoms with Gasteiger partial charge in [0.05, 0.1) is 0 Å². The first-order chi connectivity index (χ1) is 8.33. The van der Waals surface area contributed by atoms with Crippen molar-refractivity contribution in [3.63, 3.8) is 0 Å². The van der Waals surface area contributed by atoms with Crippen molar-refractivity contribution in [1.29, 1.82) is 0 Å². The fraction of sp³-hybridized carbons (Fsp3) is 0.400. The molecule has 2 nitrogen and oxygen atoms in total. The monoisotopic (exact) mass is 232 g/mol. The van der Waals surface area contributed by atoms with Crippen molar-refractivity contribution >= 4 is 5.97 Å². The number of ether oxygens (including phenoxy) is 1. The van der Waals surface area contributed by atoms with Crippen LogP contribution in [0.5, 0.6) is 0 Å². The predicted octanol–water partition coefficient (Wildman–Crippen LogP) is 3.87. The van der Waals surface area contributed by atoms with E-state index in [2.05, 4.69) is 6.58 Å². The highest BCUT2D eigenvalue weighted by atomic mass is 16.5. The molecule has 1 aromatic carbocycles. The SMILES string of the molecule is C=CCCCCCC(=O)OCc1ccccc1. The van der Waals surface area contributed by atoms with E-state index in [9.17, 15) is 4.79 Å². The molecule has 0 saturated heterocycles. The molecule has 0 unspecified atom stereocenters. The van der Waals surface area contributed by atoms with Gasteiger partial charge in [0.1, 0.15) is 6.61 Å². The molecule has 0 atom stereocenters. The molecule has 0 N–H and O–H groups in total. The molecule has 0 fully saturated rings. The third-order valence-corrected chi connectivity index (χ3v) is 2.53. The highest BCUT2D eigenvalue weighted by Crippen LogP contribution is 2.06. The molecule has 92 valence electrons. The maximum atomic E-state index is 11.4. The lowest BCUT2D eigenvalue weighted by Gasteiger charge is -2.04. The molecule has 0 aliphatic rings. The first kappa shape index (κ1) is 13.5. The second-order valence-corrected chi connectivity index (χ2v) is 4.03. The van der Waals surface area contributed by atoms with Gasteiger partial charge in [0.15, 0.2) is 0 Å². The maximum Gasteiger partial charge on any atom is 0.306 e. The fourth-order valence-corrected chi connectivity index (χ4v) is 1.55. The third-order valence-electron chi connectivity index (χ3n) is 2.53. The average molecular weight is 232 g/mol. The summed E-state index contributed by atoms with van der Waals surface area (Å²) in [5.74, 6) is -0.104. The number of hydrogen-bond donors (Lipinski definition) is 0. The van der Waals surface area contributed by atoms with Crippen LogP contribution >= 0.6 is 0 Å². The molecule has 1 aromatic rings. The minimum atomic E-state index is -0.104. The summed E-state index contributed by atoms with van der Waals surface area (Å²) >= 11 is 0. The van der Waals surface area contributed by atoms with Crippen LogP contribution < -0.4 is 0 Å². The number of carbonyl (C=O) groups is 1. The van der Waals surface area contributed by atoms with Gasteiger partial charge < -0.3 is 4.74 Å². The van der Waals surface area contributed by atoms with Gasteiger partial charge in [-0.2, -0.15) is 0 Å². The summed E-state index contributed by atoms with van der Waals surface area (Å²) in [6.45, 7) is 4.05. The molecule has 2 heteroatoms. The molecule has 0 spiro atoms. The summed E-state index contributed by atoms with van der Waals surface area (Å²) in [6, 6.07) is 9.75. The van der Waals surface area contributed by atoms with E-state index in [1.807, 2.05) is 36.4 Å². The van der Waals surface area contributed by atoms with Gasteiger partial charge in [0.2, 0.25) is 0 Å². The van der Waals surface area contributed by atoms with Crippen molar-refractivity contribution in [3.8, 4) is 0 Å². The number of benzene rings is 1. The molecule has 1 rings (SSSR count). The second-order valence-electron chi connectivity index (χ2n) is 4.03. The zero-order valence-corrected chi connectivity index (χ0v) is 10.2. The Balaban J connectivity index is 2.07. The van der Waals surface area contributed by atoms with E-state index < -0.39 is 0 Å². The summed E-state index contributed by atoms with van der Waals surface area (Å²) in [7, 11) is 0. The average Bonchev–Trinajstić information content (AvgIpc) is 2.37. The van der Waals surface area contributed by atoms with E-state index in [4.69, 9.17) is 4.74 Å². The first-order valence-corrected chi connectivity index (χ1v) is 6.13. The van der Waals surface area contributed by atoms with Gasteiger partial charge >= 0.3 is 5.97 Å². The van der Waals surface area contributed by atoms with Crippen LogP contribution in [-0.2, 0) is 16.1 Å². The quantitative estimate of drug-likeness (QED) is 0.386. The number of esters is 1. The zero-order valence-electron chi connectivity index (χ0n) is 10.2. The van der Waals surface area contributed by atoms with Crippen molar-refractivity contribution in [3.05, 3.63) is 48.6 Å². The van der Waals surface area contributed by atoms with Crippen molar-refractivity contribution in [1.82, 2.24) is 0 Å². The van der Waals surface area contributed by atoms with E-state index in [-0.39, 0.29) is 5.97 Å². The Morgan fingerprint density at radius 1 is 1.18 bits per heavy atom. The summed E-state index contributed by atoms with van der Waals surface area (Å²) in [6.07, 6.45) is 6.53. The molecule has 0 radical (unpaired) electrons. The normalized spacial score (nSPS) is 9.88. The second kappa shape index (κ2) is 8.57. The minimum Gasteiger partial charge on any atom is -0.461 e. The fourth-order valence-electron chi connectivity index (χ4n) is 1.55. The number of unbranched alkanes of at least 4 members (excludes halogenated alkanes) is 3. The smallest absolute Gasteiger partial charge is 0.306 e. The van der Waals surface area contributed by atoms with E-state index in [0.29, 0.717) is 13.0 Å². The van der Waals surface area contributed by atoms with Gasteiger partial charge in [-0.15, -0.1) is 6.58 Å². The molecule has 0 bridgehead atoms. The molecule has 0 amide bonds. The lowest BCUT2D eigenvalue weighted by Crippen LogP contribution is -2.04. The minimum absolute atomic E-state index is 0.104. The van der Waals surface area contributed by atoms with Crippen molar-refractivity contribution in [2.75, 3.05) is 0 Å². The largest absolute Gasteiger partial charge is 0.461 e. The van der Waals surface area contributed by atoms with Crippen LogP contribution in [0.15, 0.2) is 43.0 Å². The number of allylic oxidation sites excluding steroid dienone is 1. The molecule has 0 aliphatic carbocycles. The summed E-state index contributed by atoms with van der Waals surface area (Å²) < 4.78 is 5.18. The van der Waals surface area contributed by atoms with Crippen molar-refractivity contribution in [2.45, 2.75) is 38.7 Å². The van der Waals surface area contributed by atoms with Crippen LogP contribution in [0.25, 0.3) is 0 Å². The van der Waals surface area contributed by atoms with Gasteiger partial charge in [-0.05, 0) is 24.8 Å². The first-order valence-electron chi connectivity index (χ1n) is 6.13. The molecule has 0 saturated carbocycles. The van der Waals surface area contributed by atoms with E-state index in [1.54, 1.807) is 0 Å². The Morgan fingerprint density at radius 3 is 2.65 bits per heavy atom. The van der Waals surface area contributed by atoms with Gasteiger partial charge in [0.25, 0.3) is 0 Å². The molecule has 0 aliphatic heterocycles. The molecule has 17 heavy (non-hydrogen) atoms. The molecular formula is C15H20O2. The maximum absolute atomic E-state index is 11.4. The zero-order chi connectivity index (χ0) is 12.3. The van der Waals surface area contributed by atoms with Gasteiger partial charge in [0, 0.05) is 6.42 Å². The molecular weight excluding hydrogens is 212 g/mol. The summed E-state index contributed by atoms with van der Waals surface area (Å²) in [5.41, 5.74) is 1.03. The standard InChI is InChI=1S/C15H20O2/c1-2-3-4-5-9-12-15(16)17-13-14-10-7-6-8-11-14/h2,6-8,10-11H,1,3-5,9,12-13H2. The van der Waals surface area contributed by atoms with Gasteiger partial charge in [-0.25, -0.2) is 0 Å². The number of carbonyl (C=O) groups excluding carboxylic acids is 1. The van der Waals surface area contributed by atoms with Crippen LogP contribution in [0, 0.1) is 0 Å².